The Labute approximate surface area is 108 Å². The van der Waals surface area contributed by atoms with E-state index in [4.69, 9.17) is 4.74 Å². The van der Waals surface area contributed by atoms with Gasteiger partial charge in [0.05, 0.1) is 12.6 Å². The van der Waals surface area contributed by atoms with Gasteiger partial charge in [-0.05, 0) is 6.42 Å². The summed E-state index contributed by atoms with van der Waals surface area (Å²) in [5.41, 5.74) is 1.14. The van der Waals surface area contributed by atoms with Crippen molar-refractivity contribution in [3.63, 3.8) is 0 Å². The lowest BCUT2D eigenvalue weighted by Crippen LogP contribution is -2.38. The molecule has 1 saturated heterocycles. The number of hydrogen-bond donors (Lipinski definition) is 0. The van der Waals surface area contributed by atoms with Crippen LogP contribution in [0, 0.1) is 0 Å². The molecule has 0 aromatic carbocycles. The van der Waals surface area contributed by atoms with E-state index >= 15 is 0 Å². The second-order valence-corrected chi connectivity index (χ2v) is 6.54. The Morgan fingerprint density at radius 2 is 2.39 bits per heavy atom. The molecule has 0 unspecified atom stereocenters. The molecule has 0 spiro atoms. The minimum atomic E-state index is -3.74. The van der Waals surface area contributed by atoms with E-state index < -0.39 is 16.0 Å². The van der Waals surface area contributed by atoms with Crippen LogP contribution in [0.3, 0.4) is 0 Å². The van der Waals surface area contributed by atoms with E-state index in [0.717, 1.165) is 11.3 Å². The third kappa shape index (κ3) is 2.39. The predicted octanol–water partition coefficient (Wildman–Crippen LogP) is 0.298. The Kier molecular flexibility index (Phi) is 3.95. The van der Waals surface area contributed by atoms with Gasteiger partial charge in [-0.3, -0.25) is 0 Å². The third-order valence-electron chi connectivity index (χ3n) is 2.42. The molecule has 1 aromatic rings. The number of carbonyl (C=O) groups excluding carboxylic acids is 1. The van der Waals surface area contributed by atoms with Gasteiger partial charge >= 0.3 is 5.97 Å². The molecule has 2 heterocycles. The summed E-state index contributed by atoms with van der Waals surface area (Å²) in [6.07, 6.45) is 0.631. The molecule has 0 saturated carbocycles. The summed E-state index contributed by atoms with van der Waals surface area (Å²) in [6, 6.07) is 0. The highest BCUT2D eigenvalue weighted by atomic mass is 32.2. The molecule has 1 aliphatic heterocycles. The molecule has 1 aromatic heterocycles. The standard InChI is InChI=1S/C9H12N2O5S2/c1-15-8(12)7-9(17-5-10-7)18(13,14)11-3-2-4-16-6-11/h5H,2-4,6H2,1H3. The average molecular weight is 292 g/mol. The van der Waals surface area contributed by atoms with E-state index in [9.17, 15) is 13.2 Å². The van der Waals surface area contributed by atoms with E-state index in [0.29, 0.717) is 19.6 Å². The molecule has 0 radical (unpaired) electrons. The zero-order chi connectivity index (χ0) is 13.2. The maximum absolute atomic E-state index is 12.3. The summed E-state index contributed by atoms with van der Waals surface area (Å²) in [7, 11) is -2.56. The molecule has 0 bridgehead atoms. The summed E-state index contributed by atoms with van der Waals surface area (Å²) < 4.78 is 35.3. The SMILES string of the molecule is COC(=O)c1ncsc1S(=O)(=O)N1CCCOC1. The van der Waals surface area contributed by atoms with Crippen LogP contribution >= 0.6 is 11.3 Å². The monoisotopic (exact) mass is 292 g/mol. The molecule has 0 atom stereocenters. The van der Waals surface area contributed by atoms with Crippen molar-refractivity contribution in [2.24, 2.45) is 0 Å². The number of ether oxygens (including phenoxy) is 2. The number of nitrogens with zero attached hydrogens (tertiary/aromatic N) is 2. The molecular weight excluding hydrogens is 280 g/mol. The van der Waals surface area contributed by atoms with E-state index in [2.05, 4.69) is 9.72 Å². The first-order valence-corrected chi connectivity index (χ1v) is 7.49. The van der Waals surface area contributed by atoms with E-state index in [1.54, 1.807) is 0 Å². The van der Waals surface area contributed by atoms with Gasteiger partial charge in [0.15, 0.2) is 9.90 Å². The van der Waals surface area contributed by atoms with Gasteiger partial charge < -0.3 is 9.47 Å². The van der Waals surface area contributed by atoms with Crippen molar-refractivity contribution in [2.45, 2.75) is 10.6 Å². The Hall–Kier alpha value is -1.03. The second kappa shape index (κ2) is 5.31. The first-order valence-electron chi connectivity index (χ1n) is 5.17. The highest BCUT2D eigenvalue weighted by Crippen LogP contribution is 2.25. The van der Waals surface area contributed by atoms with Crippen molar-refractivity contribution in [1.29, 1.82) is 0 Å². The van der Waals surface area contributed by atoms with Crippen LogP contribution in [0.2, 0.25) is 0 Å². The summed E-state index contributed by atoms with van der Waals surface area (Å²) in [5, 5.41) is 0. The number of aromatic nitrogens is 1. The lowest BCUT2D eigenvalue weighted by Gasteiger charge is -2.25. The van der Waals surface area contributed by atoms with Crippen LogP contribution in [0.1, 0.15) is 16.9 Å². The Bertz CT molecular complexity index is 533. The van der Waals surface area contributed by atoms with Gasteiger partial charge in [0.2, 0.25) is 0 Å². The van der Waals surface area contributed by atoms with Crippen molar-refractivity contribution >= 4 is 27.3 Å². The first-order chi connectivity index (χ1) is 8.57. The van der Waals surface area contributed by atoms with Crippen LogP contribution in [0.15, 0.2) is 9.72 Å². The number of rotatable bonds is 3. The van der Waals surface area contributed by atoms with Crippen molar-refractivity contribution in [1.82, 2.24) is 9.29 Å². The molecular formula is C9H12N2O5S2. The molecule has 18 heavy (non-hydrogen) atoms. The highest BCUT2D eigenvalue weighted by Gasteiger charge is 2.33. The van der Waals surface area contributed by atoms with Crippen LogP contribution in [-0.2, 0) is 19.5 Å². The fourth-order valence-electron chi connectivity index (χ4n) is 1.53. The van der Waals surface area contributed by atoms with Crippen LogP contribution in [0.4, 0.5) is 0 Å². The van der Waals surface area contributed by atoms with Crippen molar-refractivity contribution in [3.8, 4) is 0 Å². The van der Waals surface area contributed by atoms with Gasteiger partial charge in [0, 0.05) is 13.2 Å². The van der Waals surface area contributed by atoms with E-state index in [1.165, 1.54) is 16.9 Å². The molecule has 7 nitrogen and oxygen atoms in total. The van der Waals surface area contributed by atoms with Crippen molar-refractivity contribution in [2.75, 3.05) is 27.0 Å². The third-order valence-corrected chi connectivity index (χ3v) is 5.59. The lowest BCUT2D eigenvalue weighted by molar-refractivity contribution is 0.0312. The number of methoxy groups -OCH3 is 1. The first kappa shape index (κ1) is 13.4. The number of esters is 1. The minimum absolute atomic E-state index is 0.000839. The number of carbonyl (C=O) groups is 1. The van der Waals surface area contributed by atoms with Crippen molar-refractivity contribution < 1.29 is 22.7 Å². The van der Waals surface area contributed by atoms with Crippen molar-refractivity contribution in [3.05, 3.63) is 11.2 Å². The Morgan fingerprint density at radius 3 is 3.00 bits per heavy atom. The van der Waals surface area contributed by atoms with Crippen LogP contribution in [0.25, 0.3) is 0 Å². The topological polar surface area (TPSA) is 85.8 Å². The molecule has 0 N–H and O–H groups in total. The smallest absolute Gasteiger partial charge is 0.358 e. The van der Waals surface area contributed by atoms with Crippen LogP contribution in [-0.4, -0.2) is 50.7 Å². The number of hydrogen-bond acceptors (Lipinski definition) is 7. The van der Waals surface area contributed by atoms with Crippen LogP contribution < -0.4 is 0 Å². The molecule has 100 valence electrons. The molecule has 1 fully saturated rings. The fraction of sp³-hybridized carbons (Fsp3) is 0.556. The quantitative estimate of drug-likeness (QED) is 0.745. The maximum Gasteiger partial charge on any atom is 0.358 e. The maximum atomic E-state index is 12.3. The molecule has 1 aliphatic rings. The van der Waals surface area contributed by atoms with Crippen LogP contribution in [0.5, 0.6) is 0 Å². The highest BCUT2D eigenvalue weighted by molar-refractivity contribution is 7.91. The number of sulfonamides is 1. The van der Waals surface area contributed by atoms with Gasteiger partial charge in [0.25, 0.3) is 10.0 Å². The molecule has 9 heteroatoms. The predicted molar refractivity (Wildman–Crippen MR) is 62.8 cm³/mol. The van der Waals surface area contributed by atoms with E-state index in [-0.39, 0.29) is 16.6 Å². The summed E-state index contributed by atoms with van der Waals surface area (Å²) >= 11 is 0.897. The Balaban J connectivity index is 2.35. The van der Waals surface area contributed by atoms with E-state index in [1.807, 2.05) is 0 Å². The minimum Gasteiger partial charge on any atom is -0.464 e. The lowest BCUT2D eigenvalue weighted by atomic mass is 10.4. The zero-order valence-electron chi connectivity index (χ0n) is 9.66. The van der Waals surface area contributed by atoms with Gasteiger partial charge in [-0.1, -0.05) is 0 Å². The zero-order valence-corrected chi connectivity index (χ0v) is 11.3. The number of thiazole rings is 1. The Morgan fingerprint density at radius 1 is 1.61 bits per heavy atom. The summed E-state index contributed by atoms with van der Waals surface area (Å²) in [6.45, 7) is 0.917. The second-order valence-electron chi connectivity index (χ2n) is 3.55. The van der Waals surface area contributed by atoms with Gasteiger partial charge in [-0.25, -0.2) is 18.2 Å². The average Bonchev–Trinajstić information content (AvgIpc) is 2.89. The van der Waals surface area contributed by atoms with Gasteiger partial charge in [-0.15, -0.1) is 11.3 Å². The fourth-order valence-corrected chi connectivity index (χ4v) is 4.16. The largest absolute Gasteiger partial charge is 0.464 e. The molecule has 0 aliphatic carbocycles. The molecule has 0 amide bonds. The summed E-state index contributed by atoms with van der Waals surface area (Å²) in [5.74, 6) is -0.757. The normalized spacial score (nSPS) is 17.6. The van der Waals surface area contributed by atoms with Gasteiger partial charge in [-0.2, -0.15) is 4.31 Å². The summed E-state index contributed by atoms with van der Waals surface area (Å²) in [4.78, 5) is 15.2. The van der Waals surface area contributed by atoms with Gasteiger partial charge in [0.1, 0.15) is 6.73 Å². The molecule has 2 rings (SSSR count).